The second-order valence-corrected chi connectivity index (χ2v) is 2.61. The van der Waals surface area contributed by atoms with Crippen LogP contribution in [-0.2, 0) is 20.1 Å². The summed E-state index contributed by atoms with van der Waals surface area (Å²) < 4.78 is 0. The quantitative estimate of drug-likeness (QED) is 0.730. The zero-order valence-electron chi connectivity index (χ0n) is 6.55. The van der Waals surface area contributed by atoms with E-state index in [1.165, 1.54) is 5.57 Å². The number of hydrogen-bond donors (Lipinski definition) is 1. The van der Waals surface area contributed by atoms with Gasteiger partial charge in [-0.3, -0.25) is 0 Å². The molecular formula is C9H14IrO. The van der Waals surface area contributed by atoms with E-state index in [2.05, 4.69) is 18.2 Å². The van der Waals surface area contributed by atoms with Gasteiger partial charge in [-0.25, -0.2) is 0 Å². The fraction of sp³-hybridized carbons (Fsp3) is 0.556. The first-order valence-electron chi connectivity index (χ1n) is 3.87. The van der Waals surface area contributed by atoms with Gasteiger partial charge in [-0.1, -0.05) is 18.2 Å². The normalized spacial score (nSPS) is 25.4. The standard InChI is InChI=1S/C9H14O.Ir/c10-8-9-6-4-2-1-3-5-7-9;/h1-2,7,10H,3-6,8H2;/b2-1-,9-7+;. The van der Waals surface area contributed by atoms with Gasteiger partial charge < -0.3 is 5.11 Å². The van der Waals surface area contributed by atoms with Crippen molar-refractivity contribution in [3.63, 3.8) is 0 Å². The molecule has 0 aromatic rings. The van der Waals surface area contributed by atoms with Crippen molar-refractivity contribution in [3.05, 3.63) is 23.8 Å². The minimum absolute atomic E-state index is 0. The van der Waals surface area contributed by atoms with Crippen molar-refractivity contribution in [1.82, 2.24) is 0 Å². The Morgan fingerprint density at radius 2 is 1.91 bits per heavy atom. The van der Waals surface area contributed by atoms with E-state index in [0.717, 1.165) is 25.7 Å². The Labute approximate surface area is 81.5 Å². The van der Waals surface area contributed by atoms with Crippen molar-refractivity contribution in [1.29, 1.82) is 0 Å². The number of rotatable bonds is 1. The third-order valence-corrected chi connectivity index (χ3v) is 1.77. The third-order valence-electron chi connectivity index (χ3n) is 1.77. The molecular weight excluding hydrogens is 316 g/mol. The molecule has 65 valence electrons. The summed E-state index contributed by atoms with van der Waals surface area (Å²) in [5.74, 6) is 0. The van der Waals surface area contributed by atoms with Crippen LogP contribution in [0.1, 0.15) is 25.7 Å². The van der Waals surface area contributed by atoms with E-state index in [9.17, 15) is 0 Å². The van der Waals surface area contributed by atoms with Gasteiger partial charge in [0.2, 0.25) is 0 Å². The molecule has 1 N–H and O–H groups in total. The number of allylic oxidation sites excluding steroid dienone is 3. The Kier molecular flexibility index (Phi) is 6.83. The molecule has 0 fully saturated rings. The molecule has 0 saturated carbocycles. The van der Waals surface area contributed by atoms with E-state index in [0.29, 0.717) is 0 Å². The monoisotopic (exact) mass is 331 g/mol. The van der Waals surface area contributed by atoms with Crippen LogP contribution in [0.3, 0.4) is 0 Å². The maximum Gasteiger partial charge on any atom is 0.0641 e. The third kappa shape index (κ3) is 4.52. The zero-order chi connectivity index (χ0) is 7.23. The molecule has 0 amide bonds. The average molecular weight is 330 g/mol. The maximum absolute atomic E-state index is 8.82. The van der Waals surface area contributed by atoms with E-state index >= 15 is 0 Å². The second kappa shape index (κ2) is 6.78. The fourth-order valence-electron chi connectivity index (χ4n) is 1.13. The molecule has 0 aromatic heterocycles. The Hall–Kier alpha value is 0.0894. The summed E-state index contributed by atoms with van der Waals surface area (Å²) in [6.45, 7) is 0.244. The summed E-state index contributed by atoms with van der Waals surface area (Å²) in [6, 6.07) is 0. The van der Waals surface area contributed by atoms with Crippen molar-refractivity contribution in [2.45, 2.75) is 25.7 Å². The van der Waals surface area contributed by atoms with Crippen molar-refractivity contribution in [2.24, 2.45) is 0 Å². The van der Waals surface area contributed by atoms with Gasteiger partial charge in [0.05, 0.1) is 6.61 Å². The number of hydrogen-bond acceptors (Lipinski definition) is 1. The molecule has 0 saturated heterocycles. The van der Waals surface area contributed by atoms with Crippen LogP contribution < -0.4 is 0 Å². The van der Waals surface area contributed by atoms with E-state index < -0.39 is 0 Å². The minimum Gasteiger partial charge on any atom is -0.392 e. The molecule has 1 aliphatic rings. The first kappa shape index (κ1) is 11.1. The largest absolute Gasteiger partial charge is 0.392 e. The Morgan fingerprint density at radius 1 is 1.18 bits per heavy atom. The summed E-state index contributed by atoms with van der Waals surface area (Å²) in [7, 11) is 0. The van der Waals surface area contributed by atoms with Crippen molar-refractivity contribution in [2.75, 3.05) is 6.61 Å². The maximum atomic E-state index is 8.82. The van der Waals surface area contributed by atoms with Gasteiger partial charge in [-0.15, -0.1) is 0 Å². The first-order chi connectivity index (χ1) is 4.93. The zero-order valence-corrected chi connectivity index (χ0v) is 8.94. The van der Waals surface area contributed by atoms with Crippen LogP contribution in [0.5, 0.6) is 0 Å². The van der Waals surface area contributed by atoms with Crippen molar-refractivity contribution in [3.8, 4) is 0 Å². The van der Waals surface area contributed by atoms with Crippen LogP contribution >= 0.6 is 0 Å². The summed E-state index contributed by atoms with van der Waals surface area (Å²) in [5.41, 5.74) is 1.20. The molecule has 1 radical (unpaired) electrons. The smallest absolute Gasteiger partial charge is 0.0641 e. The van der Waals surface area contributed by atoms with E-state index in [-0.39, 0.29) is 26.7 Å². The Balaban J connectivity index is 0.000001000. The van der Waals surface area contributed by atoms with Gasteiger partial charge in [0, 0.05) is 20.1 Å². The van der Waals surface area contributed by atoms with Gasteiger partial charge in [-0.2, -0.15) is 0 Å². The van der Waals surface area contributed by atoms with Crippen LogP contribution in [0, 0.1) is 0 Å². The molecule has 0 aliphatic heterocycles. The van der Waals surface area contributed by atoms with Crippen LogP contribution in [-0.4, -0.2) is 11.7 Å². The minimum atomic E-state index is 0. The van der Waals surface area contributed by atoms with Crippen molar-refractivity contribution >= 4 is 0 Å². The van der Waals surface area contributed by atoms with Crippen LogP contribution in [0.4, 0.5) is 0 Å². The van der Waals surface area contributed by atoms with Gasteiger partial charge in [-0.05, 0) is 31.3 Å². The molecule has 0 atom stereocenters. The van der Waals surface area contributed by atoms with Crippen molar-refractivity contribution < 1.29 is 25.2 Å². The predicted molar refractivity (Wildman–Crippen MR) is 42.8 cm³/mol. The summed E-state index contributed by atoms with van der Waals surface area (Å²) in [6.07, 6.45) is 10.9. The molecule has 1 aliphatic carbocycles. The average Bonchev–Trinajstić information content (AvgIpc) is 1.87. The summed E-state index contributed by atoms with van der Waals surface area (Å²) >= 11 is 0. The van der Waals surface area contributed by atoms with Gasteiger partial charge in [0.15, 0.2) is 0 Å². The van der Waals surface area contributed by atoms with Crippen LogP contribution in [0.15, 0.2) is 23.8 Å². The topological polar surface area (TPSA) is 20.2 Å². The second-order valence-electron chi connectivity index (χ2n) is 2.61. The number of aliphatic hydroxyl groups excluding tert-OH is 1. The molecule has 1 rings (SSSR count). The number of aliphatic hydroxyl groups is 1. The summed E-state index contributed by atoms with van der Waals surface area (Å²) in [4.78, 5) is 0. The van der Waals surface area contributed by atoms with Gasteiger partial charge in [0.25, 0.3) is 0 Å². The molecule has 0 aromatic carbocycles. The van der Waals surface area contributed by atoms with Crippen LogP contribution in [0.2, 0.25) is 0 Å². The van der Waals surface area contributed by atoms with E-state index in [1.54, 1.807) is 0 Å². The molecule has 0 bridgehead atoms. The van der Waals surface area contributed by atoms with Gasteiger partial charge in [0.1, 0.15) is 0 Å². The molecule has 0 spiro atoms. The first-order valence-corrected chi connectivity index (χ1v) is 3.87. The fourth-order valence-corrected chi connectivity index (χ4v) is 1.13. The van der Waals surface area contributed by atoms with E-state index in [1.807, 2.05) is 0 Å². The summed E-state index contributed by atoms with van der Waals surface area (Å²) in [5, 5.41) is 8.82. The molecule has 11 heavy (non-hydrogen) atoms. The molecule has 1 nitrogen and oxygen atoms in total. The SMILES string of the molecule is OC/C1=C/CC/C=C\CC1.[Ir]. The predicted octanol–water partition coefficient (Wildman–Crippen LogP) is 2.03. The van der Waals surface area contributed by atoms with E-state index in [4.69, 9.17) is 5.11 Å². The molecule has 0 unspecified atom stereocenters. The Bertz CT molecular complexity index is 150. The molecule has 0 heterocycles. The van der Waals surface area contributed by atoms with Gasteiger partial charge >= 0.3 is 0 Å². The molecule has 2 heteroatoms. The van der Waals surface area contributed by atoms with Crippen LogP contribution in [0.25, 0.3) is 0 Å². The Morgan fingerprint density at radius 3 is 2.64 bits per heavy atom.